The third kappa shape index (κ3) is 5.28. The second-order valence-electron chi connectivity index (χ2n) is 6.36. The van der Waals surface area contributed by atoms with Gasteiger partial charge >= 0.3 is 0 Å². The molecule has 7 heteroatoms. The van der Waals surface area contributed by atoms with Gasteiger partial charge in [-0.05, 0) is 36.5 Å². The Bertz CT molecular complexity index is 725. The Hall–Kier alpha value is -1.92. The van der Waals surface area contributed by atoms with E-state index in [-0.39, 0.29) is 0 Å². The van der Waals surface area contributed by atoms with Gasteiger partial charge in [-0.1, -0.05) is 48.9 Å². The highest BCUT2D eigenvalue weighted by atomic mass is 35.5. The molecule has 1 unspecified atom stereocenters. The van der Waals surface area contributed by atoms with Crippen LogP contribution in [0.25, 0.3) is 0 Å². The highest BCUT2D eigenvalue weighted by Crippen LogP contribution is 2.24. The lowest BCUT2D eigenvalue weighted by Gasteiger charge is -2.32. The Morgan fingerprint density at radius 1 is 1.32 bits per heavy atom. The van der Waals surface area contributed by atoms with Gasteiger partial charge in [-0.2, -0.15) is 4.98 Å². The number of thiocarbonyl (C=S) groups is 1. The zero-order chi connectivity index (χ0) is 17.6. The Labute approximate surface area is 158 Å². The largest absolute Gasteiger partial charge is 0.358 e. The maximum Gasteiger partial charge on any atom is 0.232 e. The minimum atomic E-state index is 0.414. The van der Waals surface area contributed by atoms with E-state index in [1.165, 1.54) is 12.8 Å². The molecule has 0 saturated carbocycles. The lowest BCUT2D eigenvalue weighted by molar-refractivity contribution is 0.444. The number of benzene rings is 1. The molecule has 1 atom stereocenters. The van der Waals surface area contributed by atoms with Crippen LogP contribution in [-0.4, -0.2) is 28.2 Å². The van der Waals surface area contributed by atoms with Crippen LogP contribution < -0.4 is 15.5 Å². The molecule has 25 heavy (non-hydrogen) atoms. The highest BCUT2D eigenvalue weighted by molar-refractivity contribution is 7.80. The quantitative estimate of drug-likeness (QED) is 0.625. The van der Waals surface area contributed by atoms with Gasteiger partial charge in [-0.15, -0.1) is 0 Å². The van der Waals surface area contributed by atoms with Crippen molar-refractivity contribution in [2.45, 2.75) is 26.3 Å². The monoisotopic (exact) mass is 375 g/mol. The van der Waals surface area contributed by atoms with E-state index < -0.39 is 0 Å². The summed E-state index contributed by atoms with van der Waals surface area (Å²) in [6.07, 6.45) is 2.43. The second kappa shape index (κ2) is 8.45. The third-order valence-electron chi connectivity index (χ3n) is 4.18. The molecular formula is C18H22ClN5S. The second-order valence-corrected chi connectivity index (χ2v) is 7.15. The van der Waals surface area contributed by atoms with Crippen LogP contribution in [0.15, 0.2) is 36.4 Å². The molecule has 1 aliphatic heterocycles. The molecular weight excluding hydrogens is 354 g/mol. The number of rotatable bonds is 4. The number of hydrogen-bond acceptors (Lipinski definition) is 4. The first kappa shape index (κ1) is 17.9. The van der Waals surface area contributed by atoms with Gasteiger partial charge in [0.15, 0.2) is 5.11 Å². The fraction of sp³-hybridized carbons (Fsp3) is 0.389. The average Bonchev–Trinajstić information content (AvgIpc) is 2.60. The zero-order valence-electron chi connectivity index (χ0n) is 14.2. The molecule has 1 fully saturated rings. The van der Waals surface area contributed by atoms with E-state index in [9.17, 15) is 0 Å². The first-order valence-corrected chi connectivity index (χ1v) is 9.27. The van der Waals surface area contributed by atoms with E-state index in [4.69, 9.17) is 23.8 Å². The summed E-state index contributed by atoms with van der Waals surface area (Å²) in [4.78, 5) is 11.1. The lowest BCUT2D eigenvalue weighted by atomic mass is 10.0. The topological polar surface area (TPSA) is 53.1 Å². The highest BCUT2D eigenvalue weighted by Gasteiger charge is 2.19. The molecule has 132 valence electrons. The van der Waals surface area contributed by atoms with Crippen LogP contribution >= 0.6 is 23.8 Å². The average molecular weight is 376 g/mol. The van der Waals surface area contributed by atoms with Crippen molar-refractivity contribution in [3.63, 3.8) is 0 Å². The molecule has 0 spiro atoms. The van der Waals surface area contributed by atoms with E-state index in [1.54, 1.807) is 0 Å². The van der Waals surface area contributed by atoms with Crippen molar-refractivity contribution in [1.82, 2.24) is 15.3 Å². The van der Waals surface area contributed by atoms with Crippen molar-refractivity contribution >= 4 is 40.7 Å². The van der Waals surface area contributed by atoms with Crippen LogP contribution in [0.3, 0.4) is 0 Å². The van der Waals surface area contributed by atoms with Crippen molar-refractivity contribution in [2.24, 2.45) is 5.92 Å². The number of halogens is 1. The Morgan fingerprint density at radius 2 is 2.12 bits per heavy atom. The van der Waals surface area contributed by atoms with E-state index in [1.807, 2.05) is 36.4 Å². The maximum atomic E-state index is 6.18. The molecule has 3 rings (SSSR count). The predicted octanol–water partition coefficient (Wildman–Crippen LogP) is 3.85. The molecule has 1 aliphatic rings. The van der Waals surface area contributed by atoms with Gasteiger partial charge in [0.25, 0.3) is 0 Å². The van der Waals surface area contributed by atoms with Gasteiger partial charge in [-0.3, -0.25) is 0 Å². The molecule has 2 aromatic rings. The molecule has 2 N–H and O–H groups in total. The molecule has 0 amide bonds. The zero-order valence-corrected chi connectivity index (χ0v) is 15.8. The van der Waals surface area contributed by atoms with Crippen LogP contribution in [0.1, 0.15) is 25.3 Å². The lowest BCUT2D eigenvalue weighted by Crippen LogP contribution is -2.35. The Balaban J connectivity index is 1.62. The van der Waals surface area contributed by atoms with Crippen molar-refractivity contribution in [1.29, 1.82) is 0 Å². The number of nitrogens with zero attached hydrogens (tertiary/aromatic N) is 3. The van der Waals surface area contributed by atoms with E-state index >= 15 is 0 Å². The van der Waals surface area contributed by atoms with Gasteiger partial charge in [0.1, 0.15) is 11.0 Å². The first-order chi connectivity index (χ1) is 12.1. The molecule has 1 aromatic heterocycles. The number of anilines is 2. The normalized spacial score (nSPS) is 17.2. The van der Waals surface area contributed by atoms with Gasteiger partial charge in [0.05, 0.1) is 0 Å². The molecule has 0 aliphatic carbocycles. The van der Waals surface area contributed by atoms with Crippen LogP contribution in [0.5, 0.6) is 0 Å². The van der Waals surface area contributed by atoms with Gasteiger partial charge in [0, 0.05) is 25.7 Å². The summed E-state index contributed by atoms with van der Waals surface area (Å²) in [5.74, 6) is 1.93. The Morgan fingerprint density at radius 3 is 2.88 bits per heavy atom. The summed E-state index contributed by atoms with van der Waals surface area (Å²) in [6.45, 7) is 4.89. The molecule has 0 radical (unpaired) electrons. The number of hydrogen-bond donors (Lipinski definition) is 2. The van der Waals surface area contributed by atoms with E-state index in [2.05, 4.69) is 32.4 Å². The summed E-state index contributed by atoms with van der Waals surface area (Å²) < 4.78 is 0. The maximum absolute atomic E-state index is 6.18. The minimum absolute atomic E-state index is 0.414. The summed E-state index contributed by atoms with van der Waals surface area (Å²) in [5, 5.41) is 7.08. The van der Waals surface area contributed by atoms with Gasteiger partial charge in [0.2, 0.25) is 5.95 Å². The molecule has 1 aromatic carbocycles. The van der Waals surface area contributed by atoms with Gasteiger partial charge < -0.3 is 15.5 Å². The van der Waals surface area contributed by atoms with Crippen LogP contribution in [0.2, 0.25) is 5.15 Å². The van der Waals surface area contributed by atoms with Crippen LogP contribution in [0.4, 0.5) is 11.8 Å². The van der Waals surface area contributed by atoms with Gasteiger partial charge in [-0.25, -0.2) is 4.98 Å². The minimum Gasteiger partial charge on any atom is -0.358 e. The van der Waals surface area contributed by atoms with Crippen LogP contribution in [0, 0.1) is 5.92 Å². The molecule has 0 bridgehead atoms. The smallest absolute Gasteiger partial charge is 0.232 e. The van der Waals surface area contributed by atoms with Crippen molar-refractivity contribution in [3.8, 4) is 0 Å². The molecule has 5 nitrogen and oxygen atoms in total. The van der Waals surface area contributed by atoms with Crippen molar-refractivity contribution in [2.75, 3.05) is 23.3 Å². The fourth-order valence-electron chi connectivity index (χ4n) is 2.95. The van der Waals surface area contributed by atoms with Crippen LogP contribution in [-0.2, 0) is 6.54 Å². The Kier molecular flexibility index (Phi) is 6.04. The standard InChI is InChI=1S/C18H22ClN5S/c1-13-6-5-9-24(12-13)16-10-15(19)21-17(22-16)23-18(25)20-11-14-7-3-2-4-8-14/h2-4,7-8,10,13H,5-6,9,11-12H2,1H3,(H2,20,21,22,23,25). The summed E-state index contributed by atoms with van der Waals surface area (Å²) in [7, 11) is 0. The third-order valence-corrected chi connectivity index (χ3v) is 4.62. The summed E-state index contributed by atoms with van der Waals surface area (Å²) >= 11 is 11.5. The van der Waals surface area contributed by atoms with Crippen molar-refractivity contribution < 1.29 is 0 Å². The summed E-state index contributed by atoms with van der Waals surface area (Å²) in [5.41, 5.74) is 1.15. The molecule has 2 heterocycles. The van der Waals surface area contributed by atoms with Crippen molar-refractivity contribution in [3.05, 3.63) is 47.1 Å². The summed E-state index contributed by atoms with van der Waals surface area (Å²) in [6, 6.07) is 11.9. The predicted molar refractivity (Wildman–Crippen MR) is 107 cm³/mol. The van der Waals surface area contributed by atoms with E-state index in [0.717, 1.165) is 24.5 Å². The number of nitrogens with one attached hydrogen (secondary N) is 2. The molecule has 1 saturated heterocycles. The number of piperidine rings is 1. The SMILES string of the molecule is CC1CCCN(c2cc(Cl)nc(NC(=S)NCc3ccccc3)n2)C1. The fourth-order valence-corrected chi connectivity index (χ4v) is 3.29. The van der Waals surface area contributed by atoms with E-state index in [0.29, 0.717) is 28.7 Å². The first-order valence-electron chi connectivity index (χ1n) is 8.48. The number of aromatic nitrogens is 2.